The van der Waals surface area contributed by atoms with E-state index < -0.39 is 23.8 Å². The van der Waals surface area contributed by atoms with Crippen molar-refractivity contribution in [1.29, 1.82) is 0 Å². The van der Waals surface area contributed by atoms with Crippen LogP contribution in [0, 0.1) is 5.82 Å². The molecule has 1 rings (SSSR count). The first kappa shape index (κ1) is 14.9. The van der Waals surface area contributed by atoms with Crippen molar-refractivity contribution in [2.45, 2.75) is 13.0 Å². The first-order valence-electron chi connectivity index (χ1n) is 5.68. The van der Waals surface area contributed by atoms with Crippen LogP contribution in [0.25, 0.3) is 0 Å². The quantitative estimate of drug-likeness (QED) is 0.754. The Morgan fingerprint density at radius 2 is 2.00 bits per heavy atom. The molecule has 0 heterocycles. The van der Waals surface area contributed by atoms with Gasteiger partial charge in [0.05, 0.1) is 7.11 Å². The number of hydrogen-bond donors (Lipinski definition) is 0. The lowest BCUT2D eigenvalue weighted by Crippen LogP contribution is -2.41. The number of ether oxygens (including phenoxy) is 2. The van der Waals surface area contributed by atoms with E-state index in [1.165, 1.54) is 39.3 Å². The van der Waals surface area contributed by atoms with Crippen molar-refractivity contribution < 1.29 is 23.5 Å². The lowest BCUT2D eigenvalue weighted by Gasteiger charge is -2.21. The molecule has 5 nitrogen and oxygen atoms in total. The number of nitrogens with zero attached hydrogens (tertiary/aromatic N) is 1. The fraction of sp³-hybridized carbons (Fsp3) is 0.385. The zero-order chi connectivity index (χ0) is 14.4. The van der Waals surface area contributed by atoms with Gasteiger partial charge in [0.25, 0.3) is 5.91 Å². The molecule has 1 atom stereocenters. The lowest BCUT2D eigenvalue weighted by molar-refractivity contribution is -0.148. The maximum atomic E-state index is 13.4. The zero-order valence-corrected chi connectivity index (χ0v) is 11.1. The Kier molecular flexibility index (Phi) is 5.29. The van der Waals surface area contributed by atoms with E-state index in [2.05, 4.69) is 4.74 Å². The van der Waals surface area contributed by atoms with Crippen LogP contribution in [0.3, 0.4) is 0 Å². The van der Waals surface area contributed by atoms with Gasteiger partial charge in [0.15, 0.2) is 17.7 Å². The maximum Gasteiger partial charge on any atom is 0.325 e. The number of para-hydroxylation sites is 1. The number of likely N-dealkylation sites (N-methyl/N-ethyl adjacent to an activating group) is 1. The van der Waals surface area contributed by atoms with Gasteiger partial charge in [-0.2, -0.15) is 0 Å². The van der Waals surface area contributed by atoms with Gasteiger partial charge in [0.2, 0.25) is 0 Å². The Morgan fingerprint density at radius 3 is 2.58 bits per heavy atom. The van der Waals surface area contributed by atoms with Crippen molar-refractivity contribution in [3.8, 4) is 5.75 Å². The summed E-state index contributed by atoms with van der Waals surface area (Å²) < 4.78 is 23.0. The molecule has 104 valence electrons. The van der Waals surface area contributed by atoms with Crippen molar-refractivity contribution in [2.75, 3.05) is 20.7 Å². The van der Waals surface area contributed by atoms with Crippen molar-refractivity contribution in [3.05, 3.63) is 30.1 Å². The van der Waals surface area contributed by atoms with Crippen molar-refractivity contribution in [3.63, 3.8) is 0 Å². The van der Waals surface area contributed by atoms with Gasteiger partial charge in [0, 0.05) is 7.05 Å². The summed E-state index contributed by atoms with van der Waals surface area (Å²) in [6.07, 6.45) is -0.897. The first-order valence-corrected chi connectivity index (χ1v) is 5.68. The third kappa shape index (κ3) is 4.24. The molecule has 6 heteroatoms. The highest BCUT2D eigenvalue weighted by atomic mass is 19.1. The third-order valence-electron chi connectivity index (χ3n) is 2.46. The molecule has 0 aliphatic rings. The molecule has 1 aromatic rings. The third-order valence-corrected chi connectivity index (χ3v) is 2.46. The Hall–Kier alpha value is -2.11. The molecule has 0 radical (unpaired) electrons. The number of amides is 1. The minimum Gasteiger partial charge on any atom is -0.478 e. The van der Waals surface area contributed by atoms with E-state index >= 15 is 0 Å². The number of benzene rings is 1. The minimum absolute atomic E-state index is 0.00480. The summed E-state index contributed by atoms with van der Waals surface area (Å²) in [5.41, 5.74) is 0. The predicted molar refractivity (Wildman–Crippen MR) is 66.1 cm³/mol. The van der Waals surface area contributed by atoms with Crippen LogP contribution in [0.5, 0.6) is 5.75 Å². The van der Waals surface area contributed by atoms with E-state index in [0.717, 1.165) is 4.90 Å². The van der Waals surface area contributed by atoms with Crippen molar-refractivity contribution >= 4 is 11.9 Å². The summed E-state index contributed by atoms with van der Waals surface area (Å²) in [6.45, 7) is 1.31. The van der Waals surface area contributed by atoms with Crippen molar-refractivity contribution in [2.24, 2.45) is 0 Å². The van der Waals surface area contributed by atoms with Gasteiger partial charge in [-0.15, -0.1) is 0 Å². The van der Waals surface area contributed by atoms with Gasteiger partial charge in [-0.3, -0.25) is 9.59 Å². The minimum atomic E-state index is -0.897. The highest BCUT2D eigenvalue weighted by molar-refractivity contribution is 5.84. The van der Waals surface area contributed by atoms with Crippen LogP contribution >= 0.6 is 0 Å². The summed E-state index contributed by atoms with van der Waals surface area (Å²) in [5, 5.41) is 0. The van der Waals surface area contributed by atoms with Crippen LogP contribution in [0.4, 0.5) is 4.39 Å². The summed E-state index contributed by atoms with van der Waals surface area (Å²) in [5.74, 6) is -1.52. The normalized spacial score (nSPS) is 11.6. The molecule has 0 fully saturated rings. The number of halogens is 1. The van der Waals surface area contributed by atoms with Gasteiger partial charge >= 0.3 is 5.97 Å². The SMILES string of the molecule is COC(=O)CN(C)C(=O)C(C)Oc1ccccc1F. The van der Waals surface area contributed by atoms with Crippen LogP contribution in [0.15, 0.2) is 24.3 Å². The number of rotatable bonds is 5. The van der Waals surface area contributed by atoms with Gasteiger partial charge in [-0.05, 0) is 19.1 Å². The molecule has 0 aromatic heterocycles. The second-order valence-corrected chi connectivity index (χ2v) is 3.96. The molecular weight excluding hydrogens is 253 g/mol. The average molecular weight is 269 g/mol. The zero-order valence-electron chi connectivity index (χ0n) is 11.1. The molecule has 0 spiro atoms. The molecule has 0 aliphatic heterocycles. The number of esters is 1. The lowest BCUT2D eigenvalue weighted by atomic mass is 10.3. The highest BCUT2D eigenvalue weighted by Crippen LogP contribution is 2.17. The van der Waals surface area contributed by atoms with E-state index in [1.54, 1.807) is 6.07 Å². The molecule has 0 N–H and O–H groups in total. The standard InChI is InChI=1S/C13H16FNO4/c1-9(13(17)15(2)8-12(16)18-3)19-11-7-5-4-6-10(11)14/h4-7,9H,8H2,1-3H3. The van der Waals surface area contributed by atoms with Crippen LogP contribution in [-0.4, -0.2) is 43.6 Å². The average Bonchev–Trinajstić information content (AvgIpc) is 2.40. The Labute approximate surface area is 110 Å². The number of carbonyl (C=O) groups is 2. The van der Waals surface area contributed by atoms with E-state index in [0.29, 0.717) is 0 Å². The maximum absolute atomic E-state index is 13.4. The number of hydrogen-bond acceptors (Lipinski definition) is 4. The molecule has 0 saturated heterocycles. The first-order chi connectivity index (χ1) is 8.95. The summed E-state index contributed by atoms with van der Waals surface area (Å²) >= 11 is 0. The predicted octanol–water partition coefficient (Wildman–Crippen LogP) is 1.22. The fourth-order valence-electron chi connectivity index (χ4n) is 1.43. The largest absolute Gasteiger partial charge is 0.478 e. The van der Waals surface area contributed by atoms with Crippen LogP contribution in [-0.2, 0) is 14.3 Å². The van der Waals surface area contributed by atoms with Gasteiger partial charge < -0.3 is 14.4 Å². The molecule has 0 aliphatic carbocycles. The Morgan fingerprint density at radius 1 is 1.37 bits per heavy atom. The molecule has 0 bridgehead atoms. The topological polar surface area (TPSA) is 55.8 Å². The molecule has 1 aromatic carbocycles. The summed E-state index contributed by atoms with van der Waals surface area (Å²) in [7, 11) is 2.68. The fourth-order valence-corrected chi connectivity index (χ4v) is 1.43. The van der Waals surface area contributed by atoms with Gasteiger partial charge in [0.1, 0.15) is 6.54 Å². The second-order valence-electron chi connectivity index (χ2n) is 3.96. The Balaban J connectivity index is 2.62. The molecule has 19 heavy (non-hydrogen) atoms. The van der Waals surface area contributed by atoms with Gasteiger partial charge in [-0.1, -0.05) is 12.1 Å². The number of carbonyl (C=O) groups excluding carboxylic acids is 2. The van der Waals surface area contributed by atoms with E-state index in [1.807, 2.05) is 0 Å². The second kappa shape index (κ2) is 6.72. The molecule has 0 saturated carbocycles. The van der Waals surface area contributed by atoms with E-state index in [-0.39, 0.29) is 12.3 Å². The molecule has 1 amide bonds. The molecule has 1 unspecified atom stereocenters. The highest BCUT2D eigenvalue weighted by Gasteiger charge is 2.22. The van der Waals surface area contributed by atoms with E-state index in [4.69, 9.17) is 4.74 Å². The van der Waals surface area contributed by atoms with Gasteiger partial charge in [-0.25, -0.2) is 4.39 Å². The van der Waals surface area contributed by atoms with Crippen molar-refractivity contribution in [1.82, 2.24) is 4.90 Å². The molecular formula is C13H16FNO4. The summed E-state index contributed by atoms with van der Waals surface area (Å²) in [6, 6.07) is 5.80. The Bertz CT molecular complexity index is 464. The smallest absolute Gasteiger partial charge is 0.325 e. The van der Waals surface area contributed by atoms with E-state index in [9.17, 15) is 14.0 Å². The number of methoxy groups -OCH3 is 1. The van der Waals surface area contributed by atoms with Crippen LogP contribution in [0.2, 0.25) is 0 Å². The van der Waals surface area contributed by atoms with Crippen LogP contribution < -0.4 is 4.74 Å². The summed E-state index contributed by atoms with van der Waals surface area (Å²) in [4.78, 5) is 24.1. The van der Waals surface area contributed by atoms with Crippen LogP contribution in [0.1, 0.15) is 6.92 Å². The monoisotopic (exact) mass is 269 g/mol.